The van der Waals surface area contributed by atoms with E-state index < -0.39 is 5.97 Å². The molecule has 0 bridgehead atoms. The number of unbranched alkanes of at least 4 members (excludes halogenated alkanes) is 2. The molecule has 0 amide bonds. The van der Waals surface area contributed by atoms with Crippen LogP contribution in [0.4, 0.5) is 5.82 Å². The summed E-state index contributed by atoms with van der Waals surface area (Å²) in [5.74, 6) is -0.336. The van der Waals surface area contributed by atoms with Crippen LogP contribution in [0.5, 0.6) is 0 Å². The van der Waals surface area contributed by atoms with E-state index in [9.17, 15) is 9.90 Å². The number of hydrogen-bond donors (Lipinski definition) is 2. The van der Waals surface area contributed by atoms with Crippen LogP contribution >= 0.6 is 0 Å². The zero-order chi connectivity index (χ0) is 15.2. The molecule has 0 saturated carbocycles. The van der Waals surface area contributed by atoms with Crippen LogP contribution in [0.3, 0.4) is 0 Å². The highest BCUT2D eigenvalue weighted by molar-refractivity contribution is 5.97. The Bertz CT molecular complexity index is 625. The normalized spacial score (nSPS) is 12.3. The molecule has 2 aromatic rings. The second-order valence-electron chi connectivity index (χ2n) is 5.42. The van der Waals surface area contributed by atoms with Crippen molar-refractivity contribution in [1.29, 1.82) is 0 Å². The number of hydrogen-bond acceptors (Lipinski definition) is 3. The zero-order valence-electron chi connectivity index (χ0n) is 12.6. The Labute approximate surface area is 125 Å². The van der Waals surface area contributed by atoms with Gasteiger partial charge in [-0.15, -0.1) is 0 Å². The van der Waals surface area contributed by atoms with E-state index in [0.29, 0.717) is 5.82 Å². The number of aromatic carboxylic acids is 1. The van der Waals surface area contributed by atoms with Crippen LogP contribution in [0.1, 0.15) is 50.0 Å². The van der Waals surface area contributed by atoms with E-state index in [1.54, 1.807) is 6.07 Å². The maximum atomic E-state index is 11.2. The third kappa shape index (κ3) is 3.94. The van der Waals surface area contributed by atoms with E-state index in [-0.39, 0.29) is 11.7 Å². The molecule has 1 atom stereocenters. The molecule has 112 valence electrons. The van der Waals surface area contributed by atoms with Gasteiger partial charge in [0.25, 0.3) is 0 Å². The molecule has 4 nitrogen and oxygen atoms in total. The van der Waals surface area contributed by atoms with Crippen molar-refractivity contribution in [3.8, 4) is 0 Å². The topological polar surface area (TPSA) is 62.2 Å². The molecule has 1 aromatic carbocycles. The Morgan fingerprint density at radius 1 is 1.33 bits per heavy atom. The number of pyridine rings is 1. The summed E-state index contributed by atoms with van der Waals surface area (Å²) in [6.45, 7) is 4.29. The Morgan fingerprint density at radius 2 is 2.10 bits per heavy atom. The molecule has 0 aliphatic carbocycles. The molecule has 0 aliphatic rings. The van der Waals surface area contributed by atoms with Gasteiger partial charge in [-0.05, 0) is 24.8 Å². The van der Waals surface area contributed by atoms with Gasteiger partial charge in [0.15, 0.2) is 5.69 Å². The summed E-state index contributed by atoms with van der Waals surface area (Å²) in [5.41, 5.74) is 0.0805. The molecule has 4 heteroatoms. The van der Waals surface area contributed by atoms with Gasteiger partial charge in [0.1, 0.15) is 5.82 Å². The number of rotatable bonds is 7. The van der Waals surface area contributed by atoms with Gasteiger partial charge in [-0.3, -0.25) is 0 Å². The van der Waals surface area contributed by atoms with Crippen LogP contribution < -0.4 is 5.32 Å². The highest BCUT2D eigenvalue weighted by atomic mass is 16.4. The standard InChI is InChI=1S/C17H22N2O2/c1-3-4-5-8-12(2)18-16-14-10-7-6-9-13(14)11-15(19-16)17(20)21/h6-7,9-12H,3-5,8H2,1-2H3,(H,18,19)(H,20,21). The van der Waals surface area contributed by atoms with Crippen molar-refractivity contribution in [2.24, 2.45) is 0 Å². The van der Waals surface area contributed by atoms with Gasteiger partial charge in [-0.2, -0.15) is 0 Å². The van der Waals surface area contributed by atoms with E-state index in [1.165, 1.54) is 19.3 Å². The average molecular weight is 286 g/mol. The second kappa shape index (κ2) is 7.07. The third-order valence-corrected chi connectivity index (χ3v) is 3.58. The number of fused-ring (bicyclic) bond motifs is 1. The number of nitrogens with zero attached hydrogens (tertiary/aromatic N) is 1. The van der Waals surface area contributed by atoms with Crippen molar-refractivity contribution < 1.29 is 9.90 Å². The molecule has 1 heterocycles. The minimum atomic E-state index is -0.998. The second-order valence-corrected chi connectivity index (χ2v) is 5.42. The van der Waals surface area contributed by atoms with Crippen molar-refractivity contribution in [2.75, 3.05) is 5.32 Å². The zero-order valence-corrected chi connectivity index (χ0v) is 12.6. The van der Waals surface area contributed by atoms with Crippen LogP contribution in [-0.4, -0.2) is 22.1 Å². The van der Waals surface area contributed by atoms with Gasteiger partial charge in [0.05, 0.1) is 0 Å². The molecule has 0 saturated heterocycles. The summed E-state index contributed by atoms with van der Waals surface area (Å²) in [6, 6.07) is 9.62. The number of nitrogens with one attached hydrogen (secondary N) is 1. The van der Waals surface area contributed by atoms with Crippen LogP contribution in [0.2, 0.25) is 0 Å². The first kappa shape index (κ1) is 15.3. The molecule has 2 N–H and O–H groups in total. The smallest absolute Gasteiger partial charge is 0.354 e. The Morgan fingerprint density at radius 3 is 2.81 bits per heavy atom. The largest absolute Gasteiger partial charge is 0.477 e. The molecule has 2 rings (SSSR count). The summed E-state index contributed by atoms with van der Waals surface area (Å²) in [4.78, 5) is 15.5. The average Bonchev–Trinajstić information content (AvgIpc) is 2.47. The Hall–Kier alpha value is -2.10. The number of aromatic nitrogens is 1. The summed E-state index contributed by atoms with van der Waals surface area (Å²) in [7, 11) is 0. The first-order chi connectivity index (χ1) is 10.1. The van der Waals surface area contributed by atoms with E-state index in [0.717, 1.165) is 17.2 Å². The maximum absolute atomic E-state index is 11.2. The van der Waals surface area contributed by atoms with Gasteiger partial charge in [-0.1, -0.05) is 50.5 Å². The van der Waals surface area contributed by atoms with Crippen molar-refractivity contribution in [3.63, 3.8) is 0 Å². The minimum Gasteiger partial charge on any atom is -0.477 e. The van der Waals surface area contributed by atoms with Gasteiger partial charge in [-0.25, -0.2) is 9.78 Å². The SMILES string of the molecule is CCCCCC(C)Nc1nc(C(=O)O)cc2ccccc12. The predicted octanol–water partition coefficient (Wildman–Crippen LogP) is 4.31. The summed E-state index contributed by atoms with van der Waals surface area (Å²) in [6.07, 6.45) is 4.64. The number of benzene rings is 1. The Balaban J connectivity index is 2.26. The number of anilines is 1. The van der Waals surface area contributed by atoms with Crippen molar-refractivity contribution in [3.05, 3.63) is 36.0 Å². The fourth-order valence-electron chi connectivity index (χ4n) is 2.42. The summed E-state index contributed by atoms with van der Waals surface area (Å²) >= 11 is 0. The van der Waals surface area contributed by atoms with Gasteiger partial charge >= 0.3 is 5.97 Å². The lowest BCUT2D eigenvalue weighted by molar-refractivity contribution is 0.0691. The van der Waals surface area contributed by atoms with Gasteiger partial charge in [0.2, 0.25) is 0 Å². The highest BCUT2D eigenvalue weighted by Gasteiger charge is 2.12. The van der Waals surface area contributed by atoms with Crippen molar-refractivity contribution in [1.82, 2.24) is 4.98 Å². The third-order valence-electron chi connectivity index (χ3n) is 3.58. The molecule has 1 unspecified atom stereocenters. The number of carbonyl (C=O) groups is 1. The molecule has 1 aromatic heterocycles. The van der Waals surface area contributed by atoms with Crippen LogP contribution in [0, 0.1) is 0 Å². The molecule has 0 fully saturated rings. The molecule has 0 aliphatic heterocycles. The van der Waals surface area contributed by atoms with Gasteiger partial charge in [0, 0.05) is 11.4 Å². The fraction of sp³-hybridized carbons (Fsp3) is 0.412. The van der Waals surface area contributed by atoms with E-state index >= 15 is 0 Å². The molecular formula is C17H22N2O2. The van der Waals surface area contributed by atoms with Crippen molar-refractivity contribution in [2.45, 2.75) is 45.6 Å². The predicted molar refractivity (Wildman–Crippen MR) is 85.9 cm³/mol. The summed E-state index contributed by atoms with van der Waals surface area (Å²) < 4.78 is 0. The fourth-order valence-corrected chi connectivity index (χ4v) is 2.42. The number of carboxylic acid groups (broad SMARTS) is 1. The molecule has 21 heavy (non-hydrogen) atoms. The number of carboxylic acids is 1. The van der Waals surface area contributed by atoms with Gasteiger partial charge < -0.3 is 10.4 Å². The van der Waals surface area contributed by atoms with Crippen LogP contribution in [0.15, 0.2) is 30.3 Å². The van der Waals surface area contributed by atoms with E-state index in [1.807, 2.05) is 24.3 Å². The first-order valence-electron chi connectivity index (χ1n) is 7.51. The maximum Gasteiger partial charge on any atom is 0.354 e. The lowest BCUT2D eigenvalue weighted by Crippen LogP contribution is -2.17. The Kier molecular flexibility index (Phi) is 5.14. The lowest BCUT2D eigenvalue weighted by atomic mass is 10.1. The first-order valence-corrected chi connectivity index (χ1v) is 7.51. The van der Waals surface area contributed by atoms with Crippen LogP contribution in [0.25, 0.3) is 10.8 Å². The minimum absolute atomic E-state index is 0.0805. The van der Waals surface area contributed by atoms with E-state index in [2.05, 4.69) is 24.1 Å². The molecule has 0 spiro atoms. The van der Waals surface area contributed by atoms with E-state index in [4.69, 9.17) is 0 Å². The summed E-state index contributed by atoms with van der Waals surface area (Å²) in [5, 5.41) is 14.4. The van der Waals surface area contributed by atoms with Crippen LogP contribution in [-0.2, 0) is 0 Å². The molecular weight excluding hydrogens is 264 g/mol. The highest BCUT2D eigenvalue weighted by Crippen LogP contribution is 2.24. The quantitative estimate of drug-likeness (QED) is 0.744. The monoisotopic (exact) mass is 286 g/mol. The molecule has 0 radical (unpaired) electrons. The lowest BCUT2D eigenvalue weighted by Gasteiger charge is -2.16. The van der Waals surface area contributed by atoms with Crippen molar-refractivity contribution >= 4 is 22.6 Å².